The fourth-order valence-electron chi connectivity index (χ4n) is 7.24. The lowest BCUT2D eigenvalue weighted by Crippen LogP contribution is -2.52. The fourth-order valence-corrected chi connectivity index (χ4v) is 7.24. The lowest BCUT2D eigenvalue weighted by molar-refractivity contribution is -0.136. The first-order valence-corrected chi connectivity index (χ1v) is 11.7. The van der Waals surface area contributed by atoms with Crippen molar-refractivity contribution in [2.75, 3.05) is 26.2 Å². The summed E-state index contributed by atoms with van der Waals surface area (Å²) in [6, 6.07) is 5.57. The topological polar surface area (TPSA) is 81.8 Å². The maximum absolute atomic E-state index is 13.4. The van der Waals surface area contributed by atoms with Crippen molar-refractivity contribution in [2.45, 2.75) is 57.7 Å². The van der Waals surface area contributed by atoms with E-state index in [-0.39, 0.29) is 24.1 Å². The van der Waals surface area contributed by atoms with Crippen LogP contribution in [0.5, 0.6) is 0 Å². The standard InChI is InChI=1S/C24H30N4O3/c29-19-7-6-18(21(30)26-19)28-11-17-5-3-4-16(20(17)22(28)31)10-27-14-23-8-1-2-9-24(23,15-27)13-25-12-23/h3-5,18,25H,1-2,6-15H2,(H,26,29,30). The predicted octanol–water partition coefficient (Wildman–Crippen LogP) is 1.41. The number of hydrogen-bond acceptors (Lipinski definition) is 5. The van der Waals surface area contributed by atoms with Crippen molar-refractivity contribution in [1.29, 1.82) is 0 Å². The zero-order chi connectivity index (χ0) is 21.2. The molecular weight excluding hydrogens is 392 g/mol. The lowest BCUT2D eigenvalue weighted by atomic mass is 9.60. The van der Waals surface area contributed by atoms with Gasteiger partial charge in [0.25, 0.3) is 5.91 Å². The van der Waals surface area contributed by atoms with E-state index in [4.69, 9.17) is 0 Å². The van der Waals surface area contributed by atoms with Gasteiger partial charge >= 0.3 is 0 Å². The number of rotatable bonds is 3. The summed E-state index contributed by atoms with van der Waals surface area (Å²) in [6.45, 7) is 5.70. The van der Waals surface area contributed by atoms with Crippen LogP contribution in [0.25, 0.3) is 0 Å². The molecule has 4 fully saturated rings. The second-order valence-electron chi connectivity index (χ2n) is 10.4. The highest BCUT2D eigenvalue weighted by Gasteiger charge is 2.60. The van der Waals surface area contributed by atoms with Crippen LogP contribution in [0.15, 0.2) is 18.2 Å². The van der Waals surface area contributed by atoms with Gasteiger partial charge in [-0.15, -0.1) is 0 Å². The van der Waals surface area contributed by atoms with Crippen molar-refractivity contribution in [3.63, 3.8) is 0 Å². The molecule has 2 N–H and O–H groups in total. The van der Waals surface area contributed by atoms with Crippen molar-refractivity contribution in [3.8, 4) is 0 Å². The Hall–Kier alpha value is -2.25. The van der Waals surface area contributed by atoms with Gasteiger partial charge in [0.05, 0.1) is 0 Å². The molecule has 0 bridgehead atoms. The summed E-state index contributed by atoms with van der Waals surface area (Å²) < 4.78 is 0. The molecule has 6 rings (SSSR count). The van der Waals surface area contributed by atoms with E-state index in [0.29, 0.717) is 23.8 Å². The van der Waals surface area contributed by atoms with Gasteiger partial charge in [-0.1, -0.05) is 31.0 Å². The molecule has 1 aromatic rings. The Morgan fingerprint density at radius 2 is 1.77 bits per heavy atom. The number of fused-ring (bicyclic) bond motifs is 1. The minimum Gasteiger partial charge on any atom is -0.322 e. The molecule has 0 spiro atoms. The molecule has 3 atom stereocenters. The smallest absolute Gasteiger partial charge is 0.255 e. The molecule has 5 aliphatic rings. The lowest BCUT2D eigenvalue weighted by Gasteiger charge is -2.42. The Morgan fingerprint density at radius 1 is 1.03 bits per heavy atom. The summed E-state index contributed by atoms with van der Waals surface area (Å²) in [5.74, 6) is -0.656. The maximum atomic E-state index is 13.4. The van der Waals surface area contributed by atoms with Crippen molar-refractivity contribution in [3.05, 3.63) is 34.9 Å². The van der Waals surface area contributed by atoms with Crippen molar-refractivity contribution in [2.24, 2.45) is 10.8 Å². The zero-order valence-corrected chi connectivity index (χ0v) is 17.9. The largest absolute Gasteiger partial charge is 0.322 e. The van der Waals surface area contributed by atoms with Gasteiger partial charge in [0.2, 0.25) is 11.8 Å². The van der Waals surface area contributed by atoms with E-state index in [1.807, 2.05) is 12.1 Å². The van der Waals surface area contributed by atoms with Gasteiger partial charge in [0.1, 0.15) is 6.04 Å². The molecule has 3 amide bonds. The molecule has 7 heteroatoms. The number of benzene rings is 1. The molecule has 7 nitrogen and oxygen atoms in total. The van der Waals surface area contributed by atoms with E-state index in [1.54, 1.807) is 4.90 Å². The molecule has 0 radical (unpaired) electrons. The van der Waals surface area contributed by atoms with Gasteiger partial charge in [0.15, 0.2) is 0 Å². The number of nitrogens with one attached hydrogen (secondary N) is 2. The van der Waals surface area contributed by atoms with Gasteiger partial charge in [0, 0.05) is 62.1 Å². The molecule has 164 valence electrons. The van der Waals surface area contributed by atoms with Crippen LogP contribution in [0.2, 0.25) is 0 Å². The van der Waals surface area contributed by atoms with Crippen LogP contribution in [-0.2, 0) is 22.7 Å². The summed E-state index contributed by atoms with van der Waals surface area (Å²) in [4.78, 5) is 41.5. The van der Waals surface area contributed by atoms with Crippen LogP contribution in [0.1, 0.15) is 60.0 Å². The number of nitrogens with zero attached hydrogens (tertiary/aromatic N) is 2. The summed E-state index contributed by atoms with van der Waals surface area (Å²) in [5.41, 5.74) is 3.65. The third kappa shape index (κ3) is 2.82. The zero-order valence-electron chi connectivity index (χ0n) is 17.9. The second kappa shape index (κ2) is 6.87. The average Bonchev–Trinajstić information content (AvgIpc) is 3.36. The molecule has 1 aromatic carbocycles. The third-order valence-corrected chi connectivity index (χ3v) is 8.70. The SMILES string of the molecule is O=C1CCC(N2Cc3cccc(CN4CC56CCCCC5(CNC6)C4)c3C2=O)C(=O)N1. The number of hydrogen-bond donors (Lipinski definition) is 2. The Bertz CT molecular complexity index is 956. The van der Waals surface area contributed by atoms with E-state index in [2.05, 4.69) is 21.6 Å². The molecule has 3 saturated heterocycles. The van der Waals surface area contributed by atoms with Crippen LogP contribution < -0.4 is 10.6 Å². The molecular formula is C24H30N4O3. The second-order valence-corrected chi connectivity index (χ2v) is 10.4. The highest BCUT2D eigenvalue weighted by atomic mass is 16.2. The Kier molecular flexibility index (Phi) is 4.31. The summed E-state index contributed by atoms with van der Waals surface area (Å²) in [5, 5.41) is 6.07. The minimum atomic E-state index is -0.552. The Balaban J connectivity index is 1.24. The number of carbonyl (C=O) groups is 3. The van der Waals surface area contributed by atoms with Crippen LogP contribution in [0.3, 0.4) is 0 Å². The Morgan fingerprint density at radius 3 is 2.48 bits per heavy atom. The predicted molar refractivity (Wildman–Crippen MR) is 114 cm³/mol. The number of amides is 3. The van der Waals surface area contributed by atoms with Crippen LogP contribution in [0.4, 0.5) is 0 Å². The van der Waals surface area contributed by atoms with Crippen LogP contribution in [-0.4, -0.2) is 59.7 Å². The number of carbonyl (C=O) groups excluding carboxylic acids is 3. The number of likely N-dealkylation sites (tertiary alicyclic amines) is 1. The first kappa shape index (κ1) is 19.4. The third-order valence-electron chi connectivity index (χ3n) is 8.70. The van der Waals surface area contributed by atoms with Gasteiger partial charge in [-0.25, -0.2) is 0 Å². The first-order valence-electron chi connectivity index (χ1n) is 11.7. The highest BCUT2D eigenvalue weighted by Crippen LogP contribution is 2.57. The van der Waals surface area contributed by atoms with Gasteiger partial charge in [-0.3, -0.25) is 24.6 Å². The van der Waals surface area contributed by atoms with Crippen molar-refractivity contribution >= 4 is 17.7 Å². The molecule has 1 aliphatic carbocycles. The summed E-state index contributed by atoms with van der Waals surface area (Å²) >= 11 is 0. The van der Waals surface area contributed by atoms with E-state index < -0.39 is 6.04 Å². The quantitative estimate of drug-likeness (QED) is 0.720. The monoisotopic (exact) mass is 422 g/mol. The highest BCUT2D eigenvalue weighted by molar-refractivity contribution is 6.06. The average molecular weight is 423 g/mol. The van der Waals surface area contributed by atoms with E-state index in [1.165, 1.54) is 25.7 Å². The van der Waals surface area contributed by atoms with Crippen molar-refractivity contribution < 1.29 is 14.4 Å². The normalized spacial score (nSPS) is 35.2. The fraction of sp³-hybridized carbons (Fsp3) is 0.625. The summed E-state index contributed by atoms with van der Waals surface area (Å²) in [6.07, 6.45) is 5.98. The number of imide groups is 1. The van der Waals surface area contributed by atoms with Crippen molar-refractivity contribution in [1.82, 2.24) is 20.4 Å². The number of piperidine rings is 1. The summed E-state index contributed by atoms with van der Waals surface area (Å²) in [7, 11) is 0. The first-order chi connectivity index (χ1) is 15.0. The van der Waals surface area contributed by atoms with Gasteiger partial charge in [-0.2, -0.15) is 0 Å². The molecule has 4 aliphatic heterocycles. The molecule has 0 aromatic heterocycles. The maximum Gasteiger partial charge on any atom is 0.255 e. The van der Waals surface area contributed by atoms with Crippen LogP contribution in [0, 0.1) is 10.8 Å². The molecule has 3 unspecified atom stereocenters. The van der Waals surface area contributed by atoms with E-state index in [0.717, 1.165) is 49.4 Å². The molecule has 1 saturated carbocycles. The van der Waals surface area contributed by atoms with Gasteiger partial charge < -0.3 is 10.2 Å². The molecule has 31 heavy (non-hydrogen) atoms. The van der Waals surface area contributed by atoms with Crippen LogP contribution >= 0.6 is 0 Å². The Labute approximate surface area is 182 Å². The minimum absolute atomic E-state index is 0.0603. The molecule has 4 heterocycles. The van der Waals surface area contributed by atoms with Gasteiger partial charge in [-0.05, 0) is 30.4 Å². The van der Waals surface area contributed by atoms with E-state index in [9.17, 15) is 14.4 Å². The van der Waals surface area contributed by atoms with E-state index >= 15 is 0 Å².